The van der Waals surface area contributed by atoms with Crippen LogP contribution >= 0.6 is 11.8 Å². The molecule has 1 atom stereocenters. The Kier molecular flexibility index (Phi) is 7.24. The molecule has 170 valence electrons. The molecule has 0 aliphatic heterocycles. The van der Waals surface area contributed by atoms with E-state index in [1.807, 2.05) is 61.7 Å². The Hall–Kier alpha value is -3.27. The lowest BCUT2D eigenvalue weighted by molar-refractivity contribution is -0.119. The Morgan fingerprint density at radius 2 is 2.00 bits per heavy atom. The molecule has 2 heterocycles. The number of methoxy groups -OCH3 is 1. The number of rotatable bonds is 7. The second-order valence-electron chi connectivity index (χ2n) is 8.16. The Balaban J connectivity index is 1.83. The first-order valence-electron chi connectivity index (χ1n) is 10.1. The van der Waals surface area contributed by atoms with Crippen molar-refractivity contribution in [2.45, 2.75) is 50.2 Å². The molecule has 0 aliphatic rings. The zero-order chi connectivity index (χ0) is 23.3. The van der Waals surface area contributed by atoms with Crippen LogP contribution < -0.4 is 15.4 Å². The maximum atomic E-state index is 12.5. The van der Waals surface area contributed by atoms with Gasteiger partial charge in [-0.05, 0) is 52.0 Å². The minimum atomic E-state index is -0.585. The fraction of sp³-hybridized carbons (Fsp3) is 0.364. The van der Waals surface area contributed by atoms with Crippen molar-refractivity contribution in [3.63, 3.8) is 0 Å². The molecular formula is C22H27N5O4S. The number of benzene rings is 1. The summed E-state index contributed by atoms with van der Waals surface area (Å²) in [6, 6.07) is 10.6. The van der Waals surface area contributed by atoms with Gasteiger partial charge in [0.1, 0.15) is 11.5 Å². The van der Waals surface area contributed by atoms with Gasteiger partial charge in [0.2, 0.25) is 5.91 Å². The molecule has 3 aromatic rings. The number of hydrogen-bond donors (Lipinski definition) is 2. The van der Waals surface area contributed by atoms with Crippen LogP contribution in [0, 0.1) is 0 Å². The molecule has 0 saturated heterocycles. The monoisotopic (exact) mass is 457 g/mol. The SMILES string of the molecule is COc1cccc(-c2nnc(SC(C)C(=O)NC(=O)NC(C)(C)C)n2Cc2ccco2)c1. The summed E-state index contributed by atoms with van der Waals surface area (Å²) in [7, 11) is 1.60. The first kappa shape index (κ1) is 23.4. The normalized spacial score (nSPS) is 12.3. The predicted molar refractivity (Wildman–Crippen MR) is 122 cm³/mol. The maximum absolute atomic E-state index is 12.5. The molecule has 3 rings (SSSR count). The van der Waals surface area contributed by atoms with Crippen molar-refractivity contribution >= 4 is 23.7 Å². The average Bonchev–Trinajstić information content (AvgIpc) is 3.37. The lowest BCUT2D eigenvalue weighted by atomic mass is 10.1. The highest BCUT2D eigenvalue weighted by Crippen LogP contribution is 2.29. The number of imide groups is 1. The highest BCUT2D eigenvalue weighted by Gasteiger charge is 2.24. The molecule has 3 amide bonds. The molecule has 0 fully saturated rings. The second kappa shape index (κ2) is 9.90. The number of hydrogen-bond acceptors (Lipinski definition) is 7. The van der Waals surface area contributed by atoms with Gasteiger partial charge < -0.3 is 14.5 Å². The van der Waals surface area contributed by atoms with Crippen molar-refractivity contribution in [3.8, 4) is 17.1 Å². The van der Waals surface area contributed by atoms with Gasteiger partial charge in [-0.25, -0.2) is 4.79 Å². The topological polar surface area (TPSA) is 111 Å². The van der Waals surface area contributed by atoms with Gasteiger partial charge in [-0.2, -0.15) is 0 Å². The molecule has 2 aromatic heterocycles. The van der Waals surface area contributed by atoms with E-state index in [9.17, 15) is 9.59 Å². The number of thioether (sulfide) groups is 1. The quantitative estimate of drug-likeness (QED) is 0.520. The Morgan fingerprint density at radius 1 is 1.22 bits per heavy atom. The number of amides is 3. The zero-order valence-electron chi connectivity index (χ0n) is 18.7. The predicted octanol–water partition coefficient (Wildman–Crippen LogP) is 3.70. The molecule has 1 unspecified atom stereocenters. The molecule has 0 radical (unpaired) electrons. The first-order valence-corrected chi connectivity index (χ1v) is 10.9. The fourth-order valence-electron chi connectivity index (χ4n) is 2.85. The lowest BCUT2D eigenvalue weighted by Gasteiger charge is -2.21. The molecule has 1 aromatic carbocycles. The van der Waals surface area contributed by atoms with Crippen molar-refractivity contribution in [1.29, 1.82) is 0 Å². The summed E-state index contributed by atoms with van der Waals surface area (Å²) in [5.41, 5.74) is 0.368. The summed E-state index contributed by atoms with van der Waals surface area (Å²) in [5, 5.41) is 13.7. The Labute approximate surface area is 190 Å². The number of aromatic nitrogens is 3. The number of urea groups is 1. The van der Waals surface area contributed by atoms with Crippen LogP contribution in [0.5, 0.6) is 5.75 Å². The number of carbonyl (C=O) groups excluding carboxylic acids is 2. The minimum absolute atomic E-state index is 0.383. The van der Waals surface area contributed by atoms with E-state index < -0.39 is 22.7 Å². The van der Waals surface area contributed by atoms with E-state index >= 15 is 0 Å². The van der Waals surface area contributed by atoms with Gasteiger partial charge in [-0.1, -0.05) is 23.9 Å². The van der Waals surface area contributed by atoms with Gasteiger partial charge in [0, 0.05) is 11.1 Å². The summed E-state index contributed by atoms with van der Waals surface area (Å²) >= 11 is 1.21. The van der Waals surface area contributed by atoms with Crippen molar-refractivity contribution in [1.82, 2.24) is 25.4 Å². The molecular weight excluding hydrogens is 430 g/mol. The number of furan rings is 1. The third-order valence-electron chi connectivity index (χ3n) is 4.32. The van der Waals surface area contributed by atoms with Crippen molar-refractivity contribution in [2.75, 3.05) is 7.11 Å². The van der Waals surface area contributed by atoms with Crippen LogP contribution in [-0.4, -0.2) is 44.6 Å². The van der Waals surface area contributed by atoms with Gasteiger partial charge >= 0.3 is 6.03 Å². The smallest absolute Gasteiger partial charge is 0.321 e. The summed E-state index contributed by atoms with van der Waals surface area (Å²) in [4.78, 5) is 24.6. The summed E-state index contributed by atoms with van der Waals surface area (Å²) in [6.45, 7) is 7.61. The van der Waals surface area contributed by atoms with Crippen LogP contribution in [0.3, 0.4) is 0 Å². The standard InChI is InChI=1S/C22H27N5O4S/c1-14(19(28)23-20(29)24-22(2,3)4)32-21-26-25-18(15-8-6-9-16(12-15)30-5)27(21)13-17-10-7-11-31-17/h6-12,14H,13H2,1-5H3,(H2,23,24,28,29). The summed E-state index contributed by atoms with van der Waals surface area (Å²) < 4.78 is 12.7. The Bertz CT molecular complexity index is 1070. The van der Waals surface area contributed by atoms with Crippen LogP contribution in [0.25, 0.3) is 11.4 Å². The van der Waals surface area contributed by atoms with Gasteiger partial charge in [0.15, 0.2) is 11.0 Å². The number of carbonyl (C=O) groups is 2. The van der Waals surface area contributed by atoms with Crippen molar-refractivity contribution in [3.05, 3.63) is 48.4 Å². The van der Waals surface area contributed by atoms with Crippen LogP contribution in [0.1, 0.15) is 33.5 Å². The van der Waals surface area contributed by atoms with E-state index in [2.05, 4.69) is 20.8 Å². The minimum Gasteiger partial charge on any atom is -0.497 e. The van der Waals surface area contributed by atoms with Gasteiger partial charge in [0.25, 0.3) is 0 Å². The third kappa shape index (κ3) is 6.13. The van der Waals surface area contributed by atoms with E-state index in [-0.39, 0.29) is 0 Å². The maximum Gasteiger partial charge on any atom is 0.321 e. The highest BCUT2D eigenvalue weighted by atomic mass is 32.2. The lowest BCUT2D eigenvalue weighted by Crippen LogP contribution is -2.49. The molecule has 0 spiro atoms. The van der Waals surface area contributed by atoms with E-state index in [0.717, 1.165) is 11.3 Å². The molecule has 0 bridgehead atoms. The molecule has 9 nitrogen and oxygen atoms in total. The van der Waals surface area contributed by atoms with Crippen LogP contribution in [0.2, 0.25) is 0 Å². The van der Waals surface area contributed by atoms with Crippen molar-refractivity contribution < 1.29 is 18.7 Å². The molecule has 0 aliphatic carbocycles. The average molecular weight is 458 g/mol. The Morgan fingerprint density at radius 3 is 2.66 bits per heavy atom. The van der Waals surface area contributed by atoms with E-state index in [4.69, 9.17) is 9.15 Å². The van der Waals surface area contributed by atoms with Crippen LogP contribution in [-0.2, 0) is 11.3 Å². The van der Waals surface area contributed by atoms with E-state index in [0.29, 0.717) is 23.3 Å². The fourth-order valence-corrected chi connectivity index (χ4v) is 3.70. The molecule has 0 saturated carbocycles. The number of nitrogens with one attached hydrogen (secondary N) is 2. The zero-order valence-corrected chi connectivity index (χ0v) is 19.5. The van der Waals surface area contributed by atoms with Gasteiger partial charge in [-0.15, -0.1) is 10.2 Å². The van der Waals surface area contributed by atoms with Gasteiger partial charge in [0.05, 0.1) is 25.2 Å². The summed E-state index contributed by atoms with van der Waals surface area (Å²) in [5.74, 6) is 1.60. The van der Waals surface area contributed by atoms with E-state index in [1.165, 1.54) is 11.8 Å². The molecule has 32 heavy (non-hydrogen) atoms. The number of nitrogens with zero attached hydrogens (tertiary/aromatic N) is 3. The van der Waals surface area contributed by atoms with Crippen LogP contribution in [0.4, 0.5) is 4.79 Å². The number of ether oxygens (including phenoxy) is 1. The summed E-state index contributed by atoms with van der Waals surface area (Å²) in [6.07, 6.45) is 1.60. The third-order valence-corrected chi connectivity index (χ3v) is 5.40. The molecule has 2 N–H and O–H groups in total. The van der Waals surface area contributed by atoms with E-state index in [1.54, 1.807) is 20.3 Å². The highest BCUT2D eigenvalue weighted by molar-refractivity contribution is 8.00. The van der Waals surface area contributed by atoms with Gasteiger partial charge in [-0.3, -0.25) is 14.7 Å². The first-order chi connectivity index (χ1) is 15.2. The van der Waals surface area contributed by atoms with Crippen molar-refractivity contribution in [2.24, 2.45) is 0 Å². The molecule has 10 heteroatoms. The largest absolute Gasteiger partial charge is 0.497 e. The second-order valence-corrected chi connectivity index (χ2v) is 9.47. The van der Waals surface area contributed by atoms with Crippen LogP contribution in [0.15, 0.2) is 52.2 Å².